The lowest BCUT2D eigenvalue weighted by molar-refractivity contribution is 0.657. The molecule has 0 atom stereocenters. The van der Waals surface area contributed by atoms with Crippen LogP contribution in [0.3, 0.4) is 0 Å². The molecule has 0 saturated heterocycles. The SMILES string of the molecule is Cc1cc(C(C)C)nc(N(CCC#N)C(C)C)n1. The molecule has 0 aliphatic heterocycles. The maximum atomic E-state index is 8.72. The summed E-state index contributed by atoms with van der Waals surface area (Å²) in [5.74, 6) is 1.12. The summed E-state index contributed by atoms with van der Waals surface area (Å²) in [6.07, 6.45) is 0.493. The van der Waals surface area contributed by atoms with Crippen LogP contribution in [0.4, 0.5) is 5.95 Å². The zero-order chi connectivity index (χ0) is 13.7. The van der Waals surface area contributed by atoms with Gasteiger partial charge >= 0.3 is 0 Å². The summed E-state index contributed by atoms with van der Waals surface area (Å²) in [5, 5.41) is 8.72. The minimum absolute atomic E-state index is 0.292. The van der Waals surface area contributed by atoms with Crippen LogP contribution in [0.15, 0.2) is 6.07 Å². The monoisotopic (exact) mass is 246 g/mol. The van der Waals surface area contributed by atoms with E-state index in [1.165, 1.54) is 0 Å². The molecule has 0 fully saturated rings. The Labute approximate surface area is 110 Å². The zero-order valence-corrected chi connectivity index (χ0v) is 11.9. The highest BCUT2D eigenvalue weighted by atomic mass is 15.3. The van der Waals surface area contributed by atoms with Crippen molar-refractivity contribution < 1.29 is 0 Å². The van der Waals surface area contributed by atoms with Crippen molar-refractivity contribution in [2.24, 2.45) is 0 Å². The van der Waals surface area contributed by atoms with Gasteiger partial charge < -0.3 is 4.90 Å². The number of nitriles is 1. The number of anilines is 1. The molecule has 18 heavy (non-hydrogen) atoms. The molecule has 1 aromatic rings. The van der Waals surface area contributed by atoms with Gasteiger partial charge in [-0.15, -0.1) is 0 Å². The molecule has 0 aliphatic carbocycles. The van der Waals surface area contributed by atoms with Gasteiger partial charge in [-0.2, -0.15) is 5.26 Å². The van der Waals surface area contributed by atoms with Crippen LogP contribution in [0.25, 0.3) is 0 Å². The van der Waals surface area contributed by atoms with Crippen LogP contribution in [-0.2, 0) is 0 Å². The molecule has 4 heteroatoms. The second-order valence-corrected chi connectivity index (χ2v) is 5.08. The fourth-order valence-corrected chi connectivity index (χ4v) is 1.76. The molecular weight excluding hydrogens is 224 g/mol. The smallest absolute Gasteiger partial charge is 0.226 e. The first-order valence-electron chi connectivity index (χ1n) is 6.45. The van der Waals surface area contributed by atoms with Gasteiger partial charge in [0, 0.05) is 24.0 Å². The maximum absolute atomic E-state index is 8.72. The van der Waals surface area contributed by atoms with E-state index in [4.69, 9.17) is 5.26 Å². The number of hydrogen-bond donors (Lipinski definition) is 0. The second kappa shape index (κ2) is 6.34. The van der Waals surface area contributed by atoms with Crippen molar-refractivity contribution in [2.75, 3.05) is 11.4 Å². The van der Waals surface area contributed by atoms with Gasteiger partial charge in [-0.05, 0) is 32.8 Å². The predicted octanol–water partition coefficient (Wildman–Crippen LogP) is 3.04. The molecule has 0 saturated carbocycles. The van der Waals surface area contributed by atoms with E-state index in [-0.39, 0.29) is 0 Å². The molecule has 98 valence electrons. The Morgan fingerprint density at radius 2 is 1.94 bits per heavy atom. The molecule has 0 aromatic carbocycles. The zero-order valence-electron chi connectivity index (χ0n) is 11.9. The first-order valence-corrected chi connectivity index (χ1v) is 6.45. The van der Waals surface area contributed by atoms with E-state index in [0.717, 1.165) is 17.3 Å². The molecule has 0 aliphatic rings. The number of hydrogen-bond acceptors (Lipinski definition) is 4. The molecule has 1 rings (SSSR count). The molecule has 0 amide bonds. The maximum Gasteiger partial charge on any atom is 0.226 e. The Morgan fingerprint density at radius 1 is 1.28 bits per heavy atom. The van der Waals surface area contributed by atoms with Gasteiger partial charge in [0.2, 0.25) is 5.95 Å². The molecule has 1 heterocycles. The average molecular weight is 246 g/mol. The fourth-order valence-electron chi connectivity index (χ4n) is 1.76. The van der Waals surface area contributed by atoms with E-state index >= 15 is 0 Å². The van der Waals surface area contributed by atoms with Gasteiger partial charge in [0.15, 0.2) is 0 Å². The van der Waals surface area contributed by atoms with Gasteiger partial charge in [0.1, 0.15) is 0 Å². The van der Waals surface area contributed by atoms with Crippen molar-refractivity contribution in [1.29, 1.82) is 5.26 Å². The number of rotatable bonds is 5. The van der Waals surface area contributed by atoms with Crippen LogP contribution >= 0.6 is 0 Å². The van der Waals surface area contributed by atoms with Crippen molar-refractivity contribution >= 4 is 5.95 Å². The van der Waals surface area contributed by atoms with Crippen LogP contribution in [0.5, 0.6) is 0 Å². The van der Waals surface area contributed by atoms with Crippen LogP contribution in [-0.4, -0.2) is 22.6 Å². The van der Waals surface area contributed by atoms with Crippen LogP contribution in [0, 0.1) is 18.3 Å². The third-order valence-electron chi connectivity index (χ3n) is 2.80. The number of aromatic nitrogens is 2. The Kier molecular flexibility index (Phi) is 5.08. The molecule has 0 radical (unpaired) electrons. The van der Waals surface area contributed by atoms with E-state index in [0.29, 0.717) is 24.9 Å². The lowest BCUT2D eigenvalue weighted by Crippen LogP contribution is -2.33. The van der Waals surface area contributed by atoms with Gasteiger partial charge in [-0.25, -0.2) is 9.97 Å². The van der Waals surface area contributed by atoms with E-state index in [1.54, 1.807) is 0 Å². The second-order valence-electron chi connectivity index (χ2n) is 5.08. The fraction of sp³-hybridized carbons (Fsp3) is 0.643. The Balaban J connectivity index is 3.08. The summed E-state index contributed by atoms with van der Waals surface area (Å²) in [4.78, 5) is 11.2. The molecule has 1 aromatic heterocycles. The lowest BCUT2D eigenvalue weighted by atomic mass is 10.1. The third kappa shape index (κ3) is 3.69. The highest BCUT2D eigenvalue weighted by Gasteiger charge is 2.15. The lowest BCUT2D eigenvalue weighted by Gasteiger charge is -2.26. The van der Waals surface area contributed by atoms with Crippen molar-refractivity contribution in [2.45, 2.75) is 53.0 Å². The normalized spacial score (nSPS) is 10.8. The Morgan fingerprint density at radius 3 is 2.44 bits per heavy atom. The van der Waals surface area contributed by atoms with Gasteiger partial charge in [-0.1, -0.05) is 13.8 Å². The predicted molar refractivity (Wildman–Crippen MR) is 73.6 cm³/mol. The topological polar surface area (TPSA) is 52.8 Å². The van der Waals surface area contributed by atoms with Crippen LogP contribution in [0.1, 0.15) is 51.4 Å². The van der Waals surface area contributed by atoms with E-state index < -0.39 is 0 Å². The quantitative estimate of drug-likeness (QED) is 0.801. The molecule has 0 bridgehead atoms. The van der Waals surface area contributed by atoms with Crippen molar-refractivity contribution in [1.82, 2.24) is 9.97 Å². The number of nitrogens with zero attached hydrogens (tertiary/aromatic N) is 4. The molecule has 0 N–H and O–H groups in total. The minimum atomic E-state index is 0.292. The van der Waals surface area contributed by atoms with Crippen molar-refractivity contribution in [3.05, 3.63) is 17.5 Å². The summed E-state index contributed by atoms with van der Waals surface area (Å²) in [6.45, 7) is 11.1. The minimum Gasteiger partial charge on any atom is -0.337 e. The molecule has 0 unspecified atom stereocenters. The van der Waals surface area contributed by atoms with Crippen molar-refractivity contribution in [3.8, 4) is 6.07 Å². The van der Waals surface area contributed by atoms with Gasteiger partial charge in [0.05, 0.1) is 12.5 Å². The molecular formula is C14H22N4. The molecule has 4 nitrogen and oxygen atoms in total. The van der Waals surface area contributed by atoms with Crippen LogP contribution in [0.2, 0.25) is 0 Å². The summed E-state index contributed by atoms with van der Waals surface area (Å²) in [6, 6.07) is 4.49. The largest absolute Gasteiger partial charge is 0.337 e. The van der Waals surface area contributed by atoms with E-state index in [2.05, 4.69) is 48.6 Å². The first kappa shape index (κ1) is 14.4. The number of aryl methyl sites for hydroxylation is 1. The summed E-state index contributed by atoms with van der Waals surface area (Å²) < 4.78 is 0. The summed E-state index contributed by atoms with van der Waals surface area (Å²) >= 11 is 0. The van der Waals surface area contributed by atoms with E-state index in [1.807, 2.05) is 13.0 Å². The molecule has 0 spiro atoms. The Hall–Kier alpha value is -1.63. The first-order chi connectivity index (χ1) is 8.45. The standard InChI is InChI=1S/C14H22N4/c1-10(2)13-9-12(5)16-14(17-13)18(11(3)4)8-6-7-15/h9-11H,6,8H2,1-5H3. The third-order valence-corrected chi connectivity index (χ3v) is 2.80. The highest BCUT2D eigenvalue weighted by molar-refractivity contribution is 5.34. The van der Waals surface area contributed by atoms with Gasteiger partial charge in [0.25, 0.3) is 0 Å². The van der Waals surface area contributed by atoms with Crippen molar-refractivity contribution in [3.63, 3.8) is 0 Å². The summed E-state index contributed by atoms with van der Waals surface area (Å²) in [7, 11) is 0. The van der Waals surface area contributed by atoms with Crippen LogP contribution < -0.4 is 4.90 Å². The van der Waals surface area contributed by atoms with E-state index in [9.17, 15) is 0 Å². The summed E-state index contributed by atoms with van der Waals surface area (Å²) in [5.41, 5.74) is 2.03. The Bertz CT molecular complexity index is 432. The highest BCUT2D eigenvalue weighted by Crippen LogP contribution is 2.18. The van der Waals surface area contributed by atoms with Gasteiger partial charge in [-0.3, -0.25) is 0 Å². The average Bonchev–Trinajstić information content (AvgIpc) is 2.28.